The van der Waals surface area contributed by atoms with Gasteiger partial charge in [0, 0.05) is 22.6 Å². The largest absolute Gasteiger partial charge is 0.310 e. The topological polar surface area (TPSA) is 15.3 Å². The molecule has 2 rings (SSSR count). The first-order chi connectivity index (χ1) is 9.56. The SMILES string of the molecule is CC(CNC(C)c1cc(Cl)ccc1Cl)CN1CCCC1. The van der Waals surface area contributed by atoms with Crippen LogP contribution in [0.4, 0.5) is 0 Å². The van der Waals surface area contributed by atoms with Gasteiger partial charge in [0.2, 0.25) is 0 Å². The van der Waals surface area contributed by atoms with Crippen molar-refractivity contribution in [2.45, 2.75) is 32.7 Å². The molecule has 20 heavy (non-hydrogen) atoms. The number of nitrogens with zero attached hydrogens (tertiary/aromatic N) is 1. The Morgan fingerprint density at radius 3 is 2.60 bits per heavy atom. The first-order valence-electron chi connectivity index (χ1n) is 7.47. The van der Waals surface area contributed by atoms with Gasteiger partial charge in [0.05, 0.1) is 0 Å². The lowest BCUT2D eigenvalue weighted by atomic mass is 10.1. The van der Waals surface area contributed by atoms with Crippen molar-refractivity contribution in [3.63, 3.8) is 0 Å². The van der Waals surface area contributed by atoms with Crippen LogP contribution < -0.4 is 5.32 Å². The number of halogens is 2. The van der Waals surface area contributed by atoms with Gasteiger partial charge in [-0.1, -0.05) is 30.1 Å². The molecule has 0 amide bonds. The highest BCUT2D eigenvalue weighted by atomic mass is 35.5. The van der Waals surface area contributed by atoms with Gasteiger partial charge in [-0.2, -0.15) is 0 Å². The molecule has 0 aliphatic carbocycles. The Hall–Kier alpha value is -0.280. The third-order valence-electron chi connectivity index (χ3n) is 3.97. The number of benzene rings is 1. The predicted octanol–water partition coefficient (Wildman–Crippen LogP) is 4.38. The highest BCUT2D eigenvalue weighted by Gasteiger charge is 2.16. The van der Waals surface area contributed by atoms with Crippen LogP contribution >= 0.6 is 23.2 Å². The number of rotatable bonds is 6. The van der Waals surface area contributed by atoms with Crippen molar-refractivity contribution in [3.05, 3.63) is 33.8 Å². The lowest BCUT2D eigenvalue weighted by Gasteiger charge is -2.23. The van der Waals surface area contributed by atoms with E-state index >= 15 is 0 Å². The summed E-state index contributed by atoms with van der Waals surface area (Å²) in [7, 11) is 0. The van der Waals surface area contributed by atoms with Crippen molar-refractivity contribution < 1.29 is 0 Å². The lowest BCUT2D eigenvalue weighted by Crippen LogP contribution is -2.32. The Morgan fingerprint density at radius 1 is 1.20 bits per heavy atom. The van der Waals surface area contributed by atoms with Crippen molar-refractivity contribution in [1.29, 1.82) is 0 Å². The molecule has 2 unspecified atom stereocenters. The minimum Gasteiger partial charge on any atom is -0.310 e. The molecule has 1 heterocycles. The fourth-order valence-corrected chi connectivity index (χ4v) is 3.27. The number of hydrogen-bond acceptors (Lipinski definition) is 2. The van der Waals surface area contributed by atoms with E-state index in [4.69, 9.17) is 23.2 Å². The zero-order valence-electron chi connectivity index (χ0n) is 12.3. The van der Waals surface area contributed by atoms with Crippen LogP contribution in [-0.2, 0) is 0 Å². The normalized spacial score (nSPS) is 19.2. The minimum absolute atomic E-state index is 0.224. The molecule has 2 atom stereocenters. The van der Waals surface area contributed by atoms with E-state index in [1.807, 2.05) is 18.2 Å². The van der Waals surface area contributed by atoms with Crippen molar-refractivity contribution >= 4 is 23.2 Å². The summed E-state index contributed by atoms with van der Waals surface area (Å²) in [5, 5.41) is 5.09. The maximum Gasteiger partial charge on any atom is 0.0454 e. The zero-order chi connectivity index (χ0) is 14.5. The molecule has 1 aliphatic heterocycles. The molecule has 1 aromatic carbocycles. The van der Waals surface area contributed by atoms with Gasteiger partial charge in [-0.15, -0.1) is 0 Å². The Bertz CT molecular complexity index is 430. The fourth-order valence-electron chi connectivity index (χ4n) is 2.80. The van der Waals surface area contributed by atoms with Gasteiger partial charge in [0.15, 0.2) is 0 Å². The van der Waals surface area contributed by atoms with Gasteiger partial charge in [-0.05, 0) is 69.1 Å². The molecule has 1 aromatic rings. The van der Waals surface area contributed by atoms with Gasteiger partial charge in [0.1, 0.15) is 0 Å². The van der Waals surface area contributed by atoms with E-state index in [-0.39, 0.29) is 6.04 Å². The molecule has 4 heteroatoms. The lowest BCUT2D eigenvalue weighted by molar-refractivity contribution is 0.279. The van der Waals surface area contributed by atoms with Crippen LogP contribution in [0, 0.1) is 5.92 Å². The van der Waals surface area contributed by atoms with Crippen molar-refractivity contribution in [1.82, 2.24) is 10.2 Å². The van der Waals surface area contributed by atoms with Crippen LogP contribution in [0.1, 0.15) is 38.3 Å². The van der Waals surface area contributed by atoms with Gasteiger partial charge in [-0.25, -0.2) is 0 Å². The molecular formula is C16H24Cl2N2. The van der Waals surface area contributed by atoms with E-state index in [2.05, 4.69) is 24.1 Å². The Kier molecular flexibility index (Phi) is 6.16. The van der Waals surface area contributed by atoms with E-state index in [9.17, 15) is 0 Å². The van der Waals surface area contributed by atoms with Crippen molar-refractivity contribution in [3.8, 4) is 0 Å². The van der Waals surface area contributed by atoms with Crippen LogP contribution in [0.5, 0.6) is 0 Å². The van der Waals surface area contributed by atoms with Gasteiger partial charge < -0.3 is 10.2 Å². The molecule has 1 N–H and O–H groups in total. The van der Waals surface area contributed by atoms with Crippen LogP contribution in [0.2, 0.25) is 10.0 Å². The minimum atomic E-state index is 0.224. The standard InChI is InChI=1S/C16H24Cl2N2/c1-12(11-20-7-3-4-8-20)10-19-13(2)15-9-14(17)5-6-16(15)18/h5-6,9,12-13,19H,3-4,7-8,10-11H2,1-2H3. The summed E-state index contributed by atoms with van der Waals surface area (Å²) in [5.74, 6) is 0.647. The molecule has 1 saturated heterocycles. The van der Waals surface area contributed by atoms with Gasteiger partial charge in [-0.3, -0.25) is 0 Å². The van der Waals surface area contributed by atoms with Gasteiger partial charge in [0.25, 0.3) is 0 Å². The predicted molar refractivity (Wildman–Crippen MR) is 87.7 cm³/mol. The molecule has 1 aliphatic rings. The molecule has 0 aromatic heterocycles. The van der Waals surface area contributed by atoms with Crippen molar-refractivity contribution in [2.75, 3.05) is 26.2 Å². The van der Waals surface area contributed by atoms with E-state index in [0.29, 0.717) is 5.92 Å². The third-order valence-corrected chi connectivity index (χ3v) is 4.54. The van der Waals surface area contributed by atoms with E-state index < -0.39 is 0 Å². The van der Waals surface area contributed by atoms with Crippen LogP contribution in [-0.4, -0.2) is 31.1 Å². The molecule has 112 valence electrons. The number of hydrogen-bond donors (Lipinski definition) is 1. The molecule has 0 spiro atoms. The molecule has 0 saturated carbocycles. The zero-order valence-corrected chi connectivity index (χ0v) is 13.8. The highest BCUT2D eigenvalue weighted by Crippen LogP contribution is 2.26. The average Bonchev–Trinajstić information content (AvgIpc) is 2.91. The molecule has 1 fully saturated rings. The third kappa shape index (κ3) is 4.63. The smallest absolute Gasteiger partial charge is 0.0454 e. The second-order valence-corrected chi connectivity index (χ2v) is 6.75. The molecule has 0 radical (unpaired) electrons. The fraction of sp³-hybridized carbons (Fsp3) is 0.625. The Morgan fingerprint density at radius 2 is 1.90 bits per heavy atom. The van der Waals surface area contributed by atoms with Crippen LogP contribution in [0.25, 0.3) is 0 Å². The second-order valence-electron chi connectivity index (χ2n) is 5.91. The number of nitrogens with one attached hydrogen (secondary N) is 1. The van der Waals surface area contributed by atoms with E-state index in [1.165, 1.54) is 32.5 Å². The molecular weight excluding hydrogens is 291 g/mol. The molecule has 2 nitrogen and oxygen atoms in total. The second kappa shape index (κ2) is 7.65. The Balaban J connectivity index is 1.81. The monoisotopic (exact) mass is 314 g/mol. The van der Waals surface area contributed by atoms with Gasteiger partial charge >= 0.3 is 0 Å². The van der Waals surface area contributed by atoms with Crippen LogP contribution in [0.3, 0.4) is 0 Å². The summed E-state index contributed by atoms with van der Waals surface area (Å²) in [5.41, 5.74) is 1.08. The highest BCUT2D eigenvalue weighted by molar-refractivity contribution is 6.33. The maximum atomic E-state index is 6.24. The summed E-state index contributed by atoms with van der Waals surface area (Å²) < 4.78 is 0. The van der Waals surface area contributed by atoms with Crippen molar-refractivity contribution in [2.24, 2.45) is 5.92 Å². The Labute approximate surface area is 132 Å². The average molecular weight is 315 g/mol. The summed E-state index contributed by atoms with van der Waals surface area (Å²) in [6, 6.07) is 5.87. The summed E-state index contributed by atoms with van der Waals surface area (Å²) in [4.78, 5) is 2.56. The first kappa shape index (κ1) is 16.1. The molecule has 0 bridgehead atoms. The van der Waals surface area contributed by atoms with E-state index in [0.717, 1.165) is 22.2 Å². The summed E-state index contributed by atoms with van der Waals surface area (Å²) in [6.45, 7) is 9.15. The summed E-state index contributed by atoms with van der Waals surface area (Å²) >= 11 is 12.3. The number of likely N-dealkylation sites (tertiary alicyclic amines) is 1. The maximum absolute atomic E-state index is 6.24. The quantitative estimate of drug-likeness (QED) is 0.838. The van der Waals surface area contributed by atoms with Crippen LogP contribution in [0.15, 0.2) is 18.2 Å². The summed E-state index contributed by atoms with van der Waals surface area (Å²) in [6.07, 6.45) is 2.71. The first-order valence-corrected chi connectivity index (χ1v) is 8.22. The van der Waals surface area contributed by atoms with E-state index in [1.54, 1.807) is 0 Å².